The maximum atomic E-state index is 10.7. The lowest BCUT2D eigenvalue weighted by Crippen LogP contribution is -2.44. The first kappa shape index (κ1) is 8.99. The van der Waals surface area contributed by atoms with Gasteiger partial charge < -0.3 is 15.5 Å². The van der Waals surface area contributed by atoms with Gasteiger partial charge in [0.1, 0.15) is 5.54 Å². The number of carbonyl (C=O) groups excluding carboxylic acids is 1. The molecule has 5 nitrogen and oxygen atoms in total. The van der Waals surface area contributed by atoms with Crippen LogP contribution in [-0.4, -0.2) is 34.2 Å². The van der Waals surface area contributed by atoms with Crippen LogP contribution in [0, 0.1) is 5.92 Å². The summed E-state index contributed by atoms with van der Waals surface area (Å²) in [6.45, 7) is 1.06. The lowest BCUT2D eigenvalue weighted by Gasteiger charge is -2.11. The smallest absolute Gasteiger partial charge is 0.329 e. The summed E-state index contributed by atoms with van der Waals surface area (Å²) in [5.41, 5.74) is -1.19. The SMILES string of the molecule is CC(=O)NC1(C(=O)O)CC1CO. The van der Waals surface area contributed by atoms with Crippen LogP contribution in [0.5, 0.6) is 0 Å². The monoisotopic (exact) mass is 173 g/mol. The van der Waals surface area contributed by atoms with Crippen LogP contribution in [0.3, 0.4) is 0 Å². The summed E-state index contributed by atoms with van der Waals surface area (Å²) >= 11 is 0. The fraction of sp³-hybridized carbons (Fsp3) is 0.714. The molecule has 2 unspecified atom stereocenters. The first-order valence-corrected chi connectivity index (χ1v) is 3.66. The predicted octanol–water partition coefficient (Wildman–Crippen LogP) is -1.04. The van der Waals surface area contributed by atoms with Gasteiger partial charge in [-0.3, -0.25) is 4.79 Å². The van der Waals surface area contributed by atoms with Crippen molar-refractivity contribution in [3.05, 3.63) is 0 Å². The van der Waals surface area contributed by atoms with E-state index in [4.69, 9.17) is 10.2 Å². The normalized spacial score (nSPS) is 32.7. The van der Waals surface area contributed by atoms with Gasteiger partial charge in [-0.1, -0.05) is 0 Å². The number of hydrogen-bond donors (Lipinski definition) is 3. The zero-order valence-corrected chi connectivity index (χ0v) is 6.70. The minimum absolute atomic E-state index is 0.202. The highest BCUT2D eigenvalue weighted by Gasteiger charge is 2.61. The van der Waals surface area contributed by atoms with Crippen molar-refractivity contribution in [1.29, 1.82) is 0 Å². The third-order valence-corrected chi connectivity index (χ3v) is 2.11. The average molecular weight is 173 g/mol. The second-order valence-corrected chi connectivity index (χ2v) is 3.04. The van der Waals surface area contributed by atoms with Crippen molar-refractivity contribution < 1.29 is 19.8 Å². The third kappa shape index (κ3) is 1.27. The number of rotatable bonds is 3. The highest BCUT2D eigenvalue weighted by molar-refractivity contribution is 5.89. The van der Waals surface area contributed by atoms with E-state index >= 15 is 0 Å². The molecule has 0 heterocycles. The van der Waals surface area contributed by atoms with Gasteiger partial charge in [-0.05, 0) is 6.42 Å². The molecule has 0 aromatic rings. The van der Waals surface area contributed by atoms with E-state index in [0.29, 0.717) is 6.42 Å². The molecular formula is C7H11NO4. The van der Waals surface area contributed by atoms with Gasteiger partial charge >= 0.3 is 5.97 Å². The molecule has 0 aromatic carbocycles. The van der Waals surface area contributed by atoms with E-state index in [1.54, 1.807) is 0 Å². The van der Waals surface area contributed by atoms with Crippen LogP contribution in [0.1, 0.15) is 13.3 Å². The van der Waals surface area contributed by atoms with E-state index in [2.05, 4.69) is 5.32 Å². The molecule has 12 heavy (non-hydrogen) atoms. The van der Waals surface area contributed by atoms with Gasteiger partial charge in [0.25, 0.3) is 0 Å². The van der Waals surface area contributed by atoms with Crippen molar-refractivity contribution in [2.24, 2.45) is 5.92 Å². The highest BCUT2D eigenvalue weighted by atomic mass is 16.4. The Morgan fingerprint density at radius 1 is 1.67 bits per heavy atom. The van der Waals surface area contributed by atoms with Crippen molar-refractivity contribution in [1.82, 2.24) is 5.32 Å². The molecule has 2 atom stereocenters. The van der Waals surface area contributed by atoms with Gasteiger partial charge in [0.2, 0.25) is 5.91 Å². The Hall–Kier alpha value is -1.10. The molecule has 1 rings (SSSR count). The molecule has 1 aliphatic rings. The van der Waals surface area contributed by atoms with Gasteiger partial charge in [-0.2, -0.15) is 0 Å². The van der Waals surface area contributed by atoms with Crippen LogP contribution in [-0.2, 0) is 9.59 Å². The zero-order chi connectivity index (χ0) is 9.35. The number of amides is 1. The van der Waals surface area contributed by atoms with Crippen LogP contribution in [0.4, 0.5) is 0 Å². The maximum absolute atomic E-state index is 10.7. The number of aliphatic carboxylic acids is 1. The lowest BCUT2D eigenvalue weighted by atomic mass is 10.2. The molecule has 1 amide bonds. The van der Waals surface area contributed by atoms with Crippen molar-refractivity contribution in [2.75, 3.05) is 6.61 Å². The molecule has 1 saturated carbocycles. The third-order valence-electron chi connectivity index (χ3n) is 2.11. The van der Waals surface area contributed by atoms with Crippen molar-refractivity contribution >= 4 is 11.9 Å². The largest absolute Gasteiger partial charge is 0.479 e. The second-order valence-electron chi connectivity index (χ2n) is 3.04. The molecule has 1 fully saturated rings. The van der Waals surface area contributed by atoms with E-state index < -0.39 is 11.5 Å². The van der Waals surface area contributed by atoms with E-state index in [9.17, 15) is 9.59 Å². The quantitative estimate of drug-likeness (QED) is 0.508. The Kier molecular flexibility index (Phi) is 2.06. The topological polar surface area (TPSA) is 86.6 Å². The van der Waals surface area contributed by atoms with Gasteiger partial charge in [-0.25, -0.2) is 4.79 Å². The second kappa shape index (κ2) is 2.75. The number of carboxylic acids is 1. The number of hydrogen-bond acceptors (Lipinski definition) is 3. The minimum atomic E-state index is -1.19. The summed E-state index contributed by atoms with van der Waals surface area (Å²) in [7, 11) is 0. The Labute approximate surface area is 69.4 Å². The maximum Gasteiger partial charge on any atom is 0.329 e. The Morgan fingerprint density at radius 3 is 2.50 bits per heavy atom. The van der Waals surface area contributed by atoms with Gasteiger partial charge in [0, 0.05) is 19.4 Å². The Balaban J connectivity index is 2.65. The predicted molar refractivity (Wildman–Crippen MR) is 39.4 cm³/mol. The highest BCUT2D eigenvalue weighted by Crippen LogP contribution is 2.43. The molecule has 68 valence electrons. The summed E-state index contributed by atoms with van der Waals surface area (Å²) in [6.07, 6.45) is 0.318. The van der Waals surface area contributed by atoms with Gasteiger partial charge in [0.05, 0.1) is 0 Å². The molecule has 0 radical (unpaired) electrons. The van der Waals surface area contributed by atoms with E-state index in [1.165, 1.54) is 6.92 Å². The van der Waals surface area contributed by atoms with E-state index in [1.807, 2.05) is 0 Å². The van der Waals surface area contributed by atoms with Crippen LogP contribution in [0.15, 0.2) is 0 Å². The summed E-state index contributed by atoms with van der Waals surface area (Å²) in [6, 6.07) is 0. The number of aliphatic hydroxyl groups is 1. The standard InChI is InChI=1S/C7H11NO4/c1-4(10)8-7(6(11)12)2-5(7)3-9/h5,9H,2-3H2,1H3,(H,8,10)(H,11,12). The van der Waals surface area contributed by atoms with Gasteiger partial charge in [0.15, 0.2) is 0 Å². The molecule has 5 heteroatoms. The molecule has 0 bridgehead atoms. The number of carbonyl (C=O) groups is 2. The van der Waals surface area contributed by atoms with Crippen LogP contribution in [0.25, 0.3) is 0 Å². The van der Waals surface area contributed by atoms with Crippen LogP contribution < -0.4 is 5.32 Å². The molecule has 0 aromatic heterocycles. The summed E-state index contributed by atoms with van der Waals surface area (Å²) < 4.78 is 0. The van der Waals surface area contributed by atoms with Crippen molar-refractivity contribution in [2.45, 2.75) is 18.9 Å². The summed E-state index contributed by atoms with van der Waals surface area (Å²) in [4.78, 5) is 21.3. The van der Waals surface area contributed by atoms with E-state index in [-0.39, 0.29) is 18.4 Å². The molecule has 1 aliphatic carbocycles. The Morgan fingerprint density at radius 2 is 2.25 bits per heavy atom. The zero-order valence-electron chi connectivity index (χ0n) is 6.70. The van der Waals surface area contributed by atoms with Crippen molar-refractivity contribution in [3.8, 4) is 0 Å². The number of nitrogens with one attached hydrogen (secondary N) is 1. The van der Waals surface area contributed by atoms with Gasteiger partial charge in [-0.15, -0.1) is 0 Å². The number of carboxylic acid groups (broad SMARTS) is 1. The van der Waals surface area contributed by atoms with Crippen molar-refractivity contribution in [3.63, 3.8) is 0 Å². The Bertz CT molecular complexity index is 227. The fourth-order valence-corrected chi connectivity index (χ4v) is 1.33. The molecule has 0 aliphatic heterocycles. The average Bonchev–Trinajstić information content (AvgIpc) is 2.62. The van der Waals surface area contributed by atoms with Crippen LogP contribution >= 0.6 is 0 Å². The van der Waals surface area contributed by atoms with E-state index in [0.717, 1.165) is 0 Å². The number of aliphatic hydroxyl groups excluding tert-OH is 1. The molecule has 3 N–H and O–H groups in total. The molecule has 0 saturated heterocycles. The summed E-state index contributed by atoms with van der Waals surface area (Å²) in [5, 5.41) is 19.7. The minimum Gasteiger partial charge on any atom is -0.479 e. The first-order valence-electron chi connectivity index (χ1n) is 3.66. The van der Waals surface area contributed by atoms with Crippen LogP contribution in [0.2, 0.25) is 0 Å². The summed E-state index contributed by atoms with van der Waals surface area (Å²) in [5.74, 6) is -1.79. The molecular weight excluding hydrogens is 162 g/mol. The first-order chi connectivity index (χ1) is 5.53. The molecule has 0 spiro atoms. The lowest BCUT2D eigenvalue weighted by molar-refractivity contribution is -0.143. The fourth-order valence-electron chi connectivity index (χ4n) is 1.33.